The van der Waals surface area contributed by atoms with Gasteiger partial charge in [0.15, 0.2) is 0 Å². The molecule has 1 heterocycles. The fourth-order valence-electron chi connectivity index (χ4n) is 2.54. The molecule has 0 radical (unpaired) electrons. The number of methoxy groups -OCH3 is 1. The number of nitrogens with zero attached hydrogens (tertiary/aromatic N) is 2. The van der Waals surface area contributed by atoms with Gasteiger partial charge in [-0.15, -0.1) is 0 Å². The van der Waals surface area contributed by atoms with Crippen LogP contribution < -0.4 is 5.32 Å². The first-order valence-electron chi connectivity index (χ1n) is 7.78. The zero-order chi connectivity index (χ0) is 16.7. The molecule has 23 heavy (non-hydrogen) atoms. The highest BCUT2D eigenvalue weighted by molar-refractivity contribution is 6.35. The van der Waals surface area contributed by atoms with Crippen LogP contribution in [-0.4, -0.2) is 68.8 Å². The molecule has 1 N–H and O–H groups in total. The molecule has 0 atom stereocenters. The Morgan fingerprint density at radius 2 is 2.00 bits per heavy atom. The zero-order valence-electron chi connectivity index (χ0n) is 13.4. The quantitative estimate of drug-likeness (QED) is 0.848. The van der Waals surface area contributed by atoms with Crippen LogP contribution in [0.25, 0.3) is 0 Å². The summed E-state index contributed by atoms with van der Waals surface area (Å²) in [7, 11) is 1.70. The average Bonchev–Trinajstić information content (AvgIpc) is 2.55. The van der Waals surface area contributed by atoms with E-state index >= 15 is 0 Å². The highest BCUT2D eigenvalue weighted by Crippen LogP contribution is 2.21. The fraction of sp³-hybridized carbons (Fsp3) is 0.562. The number of hydrogen-bond acceptors (Lipinski definition) is 3. The fourth-order valence-corrected chi connectivity index (χ4v) is 3.04. The van der Waals surface area contributed by atoms with E-state index in [-0.39, 0.29) is 6.03 Å². The van der Waals surface area contributed by atoms with Gasteiger partial charge in [-0.05, 0) is 24.1 Å². The maximum absolute atomic E-state index is 12.2. The van der Waals surface area contributed by atoms with Crippen LogP contribution in [-0.2, 0) is 11.2 Å². The Labute approximate surface area is 147 Å². The lowest BCUT2D eigenvalue weighted by molar-refractivity contribution is 0.106. The minimum absolute atomic E-state index is 0.0125. The van der Waals surface area contributed by atoms with Crippen molar-refractivity contribution in [3.05, 3.63) is 33.8 Å². The molecule has 1 aliphatic rings. The van der Waals surface area contributed by atoms with Gasteiger partial charge in [-0.1, -0.05) is 29.3 Å². The highest BCUT2D eigenvalue weighted by atomic mass is 35.5. The number of carbonyl (C=O) groups excluding carboxylic acids is 1. The molecule has 0 aliphatic carbocycles. The molecule has 7 heteroatoms. The summed E-state index contributed by atoms with van der Waals surface area (Å²) in [5.41, 5.74) is 0.987. The number of piperazine rings is 1. The van der Waals surface area contributed by atoms with Crippen molar-refractivity contribution in [2.45, 2.75) is 6.42 Å². The average molecular weight is 360 g/mol. The number of ether oxygens (including phenoxy) is 1. The van der Waals surface area contributed by atoms with E-state index in [4.69, 9.17) is 27.9 Å². The van der Waals surface area contributed by atoms with Crippen molar-refractivity contribution in [3.8, 4) is 0 Å². The van der Waals surface area contributed by atoms with Gasteiger partial charge in [-0.25, -0.2) is 4.79 Å². The molecule has 0 saturated carbocycles. The Bertz CT molecular complexity index is 520. The Morgan fingerprint density at radius 3 is 2.65 bits per heavy atom. The molecular weight excluding hydrogens is 337 g/mol. The smallest absolute Gasteiger partial charge is 0.317 e. The summed E-state index contributed by atoms with van der Waals surface area (Å²) in [5.74, 6) is 0. The molecule has 2 rings (SSSR count). The van der Waals surface area contributed by atoms with Gasteiger partial charge in [-0.2, -0.15) is 0 Å². The lowest BCUT2D eigenvalue weighted by Gasteiger charge is -2.34. The summed E-state index contributed by atoms with van der Waals surface area (Å²) in [5, 5.41) is 4.21. The van der Waals surface area contributed by atoms with Crippen LogP contribution in [0.3, 0.4) is 0 Å². The van der Waals surface area contributed by atoms with Crippen LogP contribution >= 0.6 is 23.2 Å². The lowest BCUT2D eigenvalue weighted by Crippen LogP contribution is -2.52. The van der Waals surface area contributed by atoms with Crippen LogP contribution in [0.4, 0.5) is 4.79 Å². The molecule has 1 aromatic rings. The summed E-state index contributed by atoms with van der Waals surface area (Å²) < 4.78 is 5.08. The summed E-state index contributed by atoms with van der Waals surface area (Å²) in [6, 6.07) is 5.41. The maximum atomic E-state index is 12.2. The number of urea groups is 1. The van der Waals surface area contributed by atoms with Gasteiger partial charge in [0.05, 0.1) is 6.61 Å². The third kappa shape index (κ3) is 5.84. The Hall–Kier alpha value is -1.01. The van der Waals surface area contributed by atoms with E-state index in [1.165, 1.54) is 0 Å². The van der Waals surface area contributed by atoms with Crippen molar-refractivity contribution in [1.82, 2.24) is 15.1 Å². The minimum Gasteiger partial charge on any atom is -0.383 e. The predicted molar refractivity (Wildman–Crippen MR) is 93.5 cm³/mol. The van der Waals surface area contributed by atoms with Crippen LogP contribution in [0.2, 0.25) is 10.0 Å². The lowest BCUT2D eigenvalue weighted by atomic mass is 10.1. The van der Waals surface area contributed by atoms with Gasteiger partial charge in [0.1, 0.15) is 0 Å². The normalized spacial score (nSPS) is 15.7. The molecule has 1 saturated heterocycles. The number of rotatable bonds is 6. The topological polar surface area (TPSA) is 44.8 Å². The molecule has 0 bridgehead atoms. The van der Waals surface area contributed by atoms with Gasteiger partial charge in [0.2, 0.25) is 0 Å². The molecule has 5 nitrogen and oxygen atoms in total. The molecular formula is C16H23Cl2N3O2. The molecule has 128 valence electrons. The van der Waals surface area contributed by atoms with Crippen molar-refractivity contribution in [2.24, 2.45) is 0 Å². The minimum atomic E-state index is -0.0125. The number of nitrogens with one attached hydrogen (secondary N) is 1. The molecule has 1 fully saturated rings. The van der Waals surface area contributed by atoms with E-state index in [2.05, 4.69) is 10.2 Å². The molecule has 0 aromatic heterocycles. The standard InChI is InChI=1S/C16H23Cl2N3O2/c1-23-11-10-20-6-8-21(9-7-20)16(22)19-5-4-13-2-3-14(17)12-15(13)18/h2-3,12H,4-11H2,1H3,(H,19,22). The summed E-state index contributed by atoms with van der Waals surface area (Å²) >= 11 is 12.0. The molecule has 0 spiro atoms. The van der Waals surface area contributed by atoms with E-state index < -0.39 is 0 Å². The molecule has 2 amide bonds. The first kappa shape index (κ1) is 18.3. The van der Waals surface area contributed by atoms with Crippen molar-refractivity contribution in [2.75, 3.05) is 53.0 Å². The number of benzene rings is 1. The Morgan fingerprint density at radius 1 is 1.26 bits per heavy atom. The van der Waals surface area contributed by atoms with Gasteiger partial charge >= 0.3 is 6.03 Å². The summed E-state index contributed by atoms with van der Waals surface area (Å²) in [6.45, 7) is 5.48. The van der Waals surface area contributed by atoms with Crippen LogP contribution in [0.5, 0.6) is 0 Å². The van der Waals surface area contributed by atoms with E-state index in [1.807, 2.05) is 17.0 Å². The van der Waals surface area contributed by atoms with Crippen molar-refractivity contribution in [3.63, 3.8) is 0 Å². The van der Waals surface area contributed by atoms with Gasteiger partial charge in [0, 0.05) is 56.4 Å². The van der Waals surface area contributed by atoms with E-state index in [0.29, 0.717) is 23.0 Å². The first-order valence-corrected chi connectivity index (χ1v) is 8.53. The number of carbonyl (C=O) groups is 1. The zero-order valence-corrected chi connectivity index (χ0v) is 14.9. The monoisotopic (exact) mass is 359 g/mol. The third-order valence-corrected chi connectivity index (χ3v) is 4.54. The van der Waals surface area contributed by atoms with Crippen LogP contribution in [0.1, 0.15) is 5.56 Å². The third-order valence-electron chi connectivity index (χ3n) is 3.96. The van der Waals surface area contributed by atoms with Crippen LogP contribution in [0.15, 0.2) is 18.2 Å². The van der Waals surface area contributed by atoms with Crippen molar-refractivity contribution in [1.29, 1.82) is 0 Å². The SMILES string of the molecule is COCCN1CCN(C(=O)NCCc2ccc(Cl)cc2Cl)CC1. The maximum Gasteiger partial charge on any atom is 0.317 e. The van der Waals surface area contributed by atoms with E-state index in [0.717, 1.165) is 44.9 Å². The van der Waals surface area contributed by atoms with Gasteiger partial charge < -0.3 is 15.0 Å². The van der Waals surface area contributed by atoms with Crippen molar-refractivity contribution < 1.29 is 9.53 Å². The molecule has 1 aromatic carbocycles. The highest BCUT2D eigenvalue weighted by Gasteiger charge is 2.20. The second-order valence-electron chi connectivity index (χ2n) is 5.54. The second-order valence-corrected chi connectivity index (χ2v) is 6.38. The Kier molecular flexibility index (Phi) is 7.43. The Balaban J connectivity index is 1.69. The number of halogens is 2. The van der Waals surface area contributed by atoms with Crippen molar-refractivity contribution >= 4 is 29.2 Å². The number of hydrogen-bond donors (Lipinski definition) is 1. The number of amides is 2. The van der Waals surface area contributed by atoms with Gasteiger partial charge in [0.25, 0.3) is 0 Å². The largest absolute Gasteiger partial charge is 0.383 e. The van der Waals surface area contributed by atoms with Crippen LogP contribution in [0, 0.1) is 0 Å². The molecule has 0 unspecified atom stereocenters. The second kappa shape index (κ2) is 9.33. The summed E-state index contributed by atoms with van der Waals surface area (Å²) in [6.07, 6.45) is 0.690. The van der Waals surface area contributed by atoms with E-state index in [9.17, 15) is 4.79 Å². The van der Waals surface area contributed by atoms with Gasteiger partial charge in [-0.3, -0.25) is 4.90 Å². The summed E-state index contributed by atoms with van der Waals surface area (Å²) in [4.78, 5) is 16.3. The molecule has 1 aliphatic heterocycles. The first-order chi connectivity index (χ1) is 11.1. The van der Waals surface area contributed by atoms with E-state index in [1.54, 1.807) is 13.2 Å². The predicted octanol–water partition coefficient (Wildman–Crippen LogP) is 2.51.